The molecule has 0 unspecified atom stereocenters. The highest BCUT2D eigenvalue weighted by Crippen LogP contribution is 2.22. The van der Waals surface area contributed by atoms with Gasteiger partial charge in [0.25, 0.3) is 0 Å². The SMILES string of the molecule is CCOc1ccc(C2=N/C(=C\c3ccc(OCc4cscn4)cc3)C(=O)O2)cc1. The Kier molecular flexibility index (Phi) is 5.67. The number of nitrogens with zero attached hydrogens (tertiary/aromatic N) is 2. The first-order valence-corrected chi connectivity index (χ1v) is 10.0. The van der Waals surface area contributed by atoms with E-state index in [2.05, 4.69) is 9.98 Å². The Hall–Kier alpha value is -3.45. The lowest BCUT2D eigenvalue weighted by Gasteiger charge is -2.04. The quantitative estimate of drug-likeness (QED) is 0.428. The van der Waals surface area contributed by atoms with Crippen LogP contribution in [-0.2, 0) is 16.1 Å². The molecule has 0 atom stereocenters. The molecule has 0 N–H and O–H groups in total. The summed E-state index contributed by atoms with van der Waals surface area (Å²) in [6, 6.07) is 14.7. The number of ether oxygens (including phenoxy) is 3. The van der Waals surface area contributed by atoms with Gasteiger partial charge in [-0.25, -0.2) is 14.8 Å². The van der Waals surface area contributed by atoms with Crippen molar-refractivity contribution in [3.8, 4) is 11.5 Å². The van der Waals surface area contributed by atoms with Gasteiger partial charge in [0.05, 0.1) is 17.8 Å². The van der Waals surface area contributed by atoms with Gasteiger partial charge in [-0.05, 0) is 55.0 Å². The van der Waals surface area contributed by atoms with E-state index in [0.717, 1.165) is 28.3 Å². The molecule has 7 heteroatoms. The van der Waals surface area contributed by atoms with Gasteiger partial charge in [0, 0.05) is 10.9 Å². The van der Waals surface area contributed by atoms with Crippen molar-refractivity contribution >= 4 is 29.3 Å². The van der Waals surface area contributed by atoms with Crippen LogP contribution >= 0.6 is 11.3 Å². The molecule has 4 rings (SSSR count). The van der Waals surface area contributed by atoms with Gasteiger partial charge >= 0.3 is 5.97 Å². The maximum absolute atomic E-state index is 12.2. The summed E-state index contributed by atoms with van der Waals surface area (Å²) in [4.78, 5) is 20.7. The van der Waals surface area contributed by atoms with E-state index in [1.807, 2.05) is 60.8 Å². The molecule has 1 aliphatic heterocycles. The number of hydrogen-bond acceptors (Lipinski definition) is 7. The highest BCUT2D eigenvalue weighted by Gasteiger charge is 2.24. The second-order valence-electron chi connectivity index (χ2n) is 6.13. The average molecular weight is 406 g/mol. The lowest BCUT2D eigenvalue weighted by atomic mass is 10.2. The molecule has 6 nitrogen and oxygen atoms in total. The highest BCUT2D eigenvalue weighted by molar-refractivity contribution is 7.07. The predicted molar refractivity (Wildman–Crippen MR) is 111 cm³/mol. The number of aliphatic imine (C=N–C) groups is 1. The molecule has 1 aliphatic rings. The summed E-state index contributed by atoms with van der Waals surface area (Å²) in [6.45, 7) is 2.94. The topological polar surface area (TPSA) is 70.0 Å². The summed E-state index contributed by atoms with van der Waals surface area (Å²) in [6.07, 6.45) is 1.69. The Balaban J connectivity index is 1.45. The number of carbonyl (C=O) groups is 1. The number of benzene rings is 2. The van der Waals surface area contributed by atoms with E-state index in [0.29, 0.717) is 13.2 Å². The van der Waals surface area contributed by atoms with Crippen LogP contribution in [-0.4, -0.2) is 23.5 Å². The largest absolute Gasteiger partial charge is 0.494 e. The number of aromatic nitrogens is 1. The lowest BCUT2D eigenvalue weighted by molar-refractivity contribution is -0.129. The number of hydrogen-bond donors (Lipinski definition) is 0. The predicted octanol–water partition coefficient (Wildman–Crippen LogP) is 4.47. The first-order chi connectivity index (χ1) is 14.2. The van der Waals surface area contributed by atoms with Crippen molar-refractivity contribution in [2.45, 2.75) is 13.5 Å². The van der Waals surface area contributed by atoms with E-state index in [1.54, 1.807) is 11.6 Å². The van der Waals surface area contributed by atoms with Crippen LogP contribution in [0.3, 0.4) is 0 Å². The maximum atomic E-state index is 12.2. The Morgan fingerprint density at radius 2 is 1.76 bits per heavy atom. The zero-order valence-corrected chi connectivity index (χ0v) is 16.5. The van der Waals surface area contributed by atoms with Crippen LogP contribution in [0.15, 0.2) is 70.1 Å². The molecule has 0 saturated carbocycles. The van der Waals surface area contributed by atoms with Crippen LogP contribution in [0.4, 0.5) is 0 Å². The zero-order chi connectivity index (χ0) is 20.1. The molecule has 0 aliphatic carbocycles. The zero-order valence-electron chi connectivity index (χ0n) is 15.7. The van der Waals surface area contributed by atoms with E-state index in [9.17, 15) is 4.79 Å². The third-order valence-electron chi connectivity index (χ3n) is 4.09. The second kappa shape index (κ2) is 8.70. The molecule has 2 aromatic carbocycles. The van der Waals surface area contributed by atoms with Crippen molar-refractivity contribution in [3.05, 3.63) is 81.9 Å². The molecular weight excluding hydrogens is 388 g/mol. The fourth-order valence-electron chi connectivity index (χ4n) is 2.68. The van der Waals surface area contributed by atoms with Gasteiger partial charge in [0.1, 0.15) is 18.1 Å². The van der Waals surface area contributed by atoms with Crippen LogP contribution in [0.5, 0.6) is 11.5 Å². The summed E-state index contributed by atoms with van der Waals surface area (Å²) in [5, 5.41) is 1.95. The molecule has 0 spiro atoms. The van der Waals surface area contributed by atoms with Gasteiger partial charge in [0.15, 0.2) is 5.70 Å². The Morgan fingerprint density at radius 3 is 2.45 bits per heavy atom. The van der Waals surface area contributed by atoms with Gasteiger partial charge in [-0.1, -0.05) is 12.1 Å². The maximum Gasteiger partial charge on any atom is 0.363 e. The molecule has 2 heterocycles. The average Bonchev–Trinajstić information content (AvgIpc) is 3.39. The van der Waals surface area contributed by atoms with Gasteiger partial charge in [0.2, 0.25) is 5.90 Å². The molecule has 146 valence electrons. The summed E-state index contributed by atoms with van der Waals surface area (Å²) in [5.74, 6) is 1.30. The standard InChI is InChI=1S/C22H18N2O4S/c1-2-26-18-9-5-16(6-10-18)21-24-20(22(25)28-21)11-15-3-7-19(8-4-15)27-12-17-13-29-14-23-17/h3-11,13-14H,2,12H2,1H3/b20-11-. The van der Waals surface area contributed by atoms with Gasteiger partial charge < -0.3 is 14.2 Å². The number of carbonyl (C=O) groups excluding carboxylic acids is 1. The van der Waals surface area contributed by atoms with E-state index >= 15 is 0 Å². The Bertz CT molecular complexity index is 1040. The van der Waals surface area contributed by atoms with Crippen LogP contribution < -0.4 is 9.47 Å². The lowest BCUT2D eigenvalue weighted by Crippen LogP contribution is -2.05. The smallest absolute Gasteiger partial charge is 0.363 e. The highest BCUT2D eigenvalue weighted by atomic mass is 32.1. The summed E-state index contributed by atoms with van der Waals surface area (Å²) in [5.41, 5.74) is 4.47. The first kappa shape index (κ1) is 18.9. The van der Waals surface area contributed by atoms with Crippen molar-refractivity contribution in [2.75, 3.05) is 6.61 Å². The van der Waals surface area contributed by atoms with Crippen LogP contribution in [0.25, 0.3) is 6.08 Å². The normalized spacial score (nSPS) is 14.6. The summed E-state index contributed by atoms with van der Waals surface area (Å²) >= 11 is 1.54. The first-order valence-electron chi connectivity index (χ1n) is 9.07. The van der Waals surface area contributed by atoms with Crippen molar-refractivity contribution in [2.24, 2.45) is 4.99 Å². The van der Waals surface area contributed by atoms with Crippen molar-refractivity contribution in [3.63, 3.8) is 0 Å². The molecule has 0 bridgehead atoms. The minimum atomic E-state index is -0.474. The molecule has 3 aromatic rings. The monoisotopic (exact) mass is 406 g/mol. The van der Waals surface area contributed by atoms with Crippen molar-refractivity contribution < 1.29 is 19.0 Å². The molecule has 0 fully saturated rings. The minimum Gasteiger partial charge on any atom is -0.494 e. The third kappa shape index (κ3) is 4.70. The number of rotatable bonds is 7. The van der Waals surface area contributed by atoms with E-state index in [1.165, 1.54) is 11.3 Å². The number of cyclic esters (lactones) is 1. The van der Waals surface area contributed by atoms with E-state index in [-0.39, 0.29) is 11.6 Å². The molecule has 29 heavy (non-hydrogen) atoms. The van der Waals surface area contributed by atoms with Gasteiger partial charge in [-0.2, -0.15) is 0 Å². The Morgan fingerprint density at radius 1 is 1.03 bits per heavy atom. The van der Waals surface area contributed by atoms with Gasteiger partial charge in [-0.3, -0.25) is 0 Å². The third-order valence-corrected chi connectivity index (χ3v) is 4.72. The number of esters is 1. The molecule has 0 amide bonds. The van der Waals surface area contributed by atoms with E-state index < -0.39 is 5.97 Å². The van der Waals surface area contributed by atoms with Crippen molar-refractivity contribution in [1.29, 1.82) is 0 Å². The van der Waals surface area contributed by atoms with Crippen LogP contribution in [0, 0.1) is 0 Å². The van der Waals surface area contributed by atoms with Gasteiger partial charge in [-0.15, -0.1) is 11.3 Å². The molecule has 0 radical (unpaired) electrons. The van der Waals surface area contributed by atoms with Crippen molar-refractivity contribution in [1.82, 2.24) is 4.98 Å². The fraction of sp³-hybridized carbons (Fsp3) is 0.136. The fourth-order valence-corrected chi connectivity index (χ4v) is 3.22. The molecule has 0 saturated heterocycles. The number of thiazole rings is 1. The summed E-state index contributed by atoms with van der Waals surface area (Å²) < 4.78 is 16.4. The van der Waals surface area contributed by atoms with E-state index in [4.69, 9.17) is 14.2 Å². The Labute approximate surface area is 172 Å². The molecule has 1 aromatic heterocycles. The molecular formula is C22H18N2O4S. The second-order valence-corrected chi connectivity index (χ2v) is 6.85. The van der Waals surface area contributed by atoms with Crippen LogP contribution in [0.1, 0.15) is 23.7 Å². The minimum absolute atomic E-state index is 0.255. The summed E-state index contributed by atoms with van der Waals surface area (Å²) in [7, 11) is 0. The van der Waals surface area contributed by atoms with Crippen LogP contribution in [0.2, 0.25) is 0 Å².